The van der Waals surface area contributed by atoms with Gasteiger partial charge in [-0.05, 0) is 17.5 Å². The lowest BCUT2D eigenvalue weighted by Crippen LogP contribution is -2.06. The van der Waals surface area contributed by atoms with Gasteiger partial charge in [0.15, 0.2) is 5.78 Å². The molecule has 0 saturated heterocycles. The molecule has 3 nitrogen and oxygen atoms in total. The summed E-state index contributed by atoms with van der Waals surface area (Å²) in [6, 6.07) is 10.8. The zero-order valence-electron chi connectivity index (χ0n) is 9.46. The van der Waals surface area contributed by atoms with Crippen molar-refractivity contribution in [1.29, 1.82) is 0 Å². The van der Waals surface area contributed by atoms with Crippen LogP contribution in [0.25, 0.3) is 0 Å². The van der Waals surface area contributed by atoms with Gasteiger partial charge in [-0.2, -0.15) is 0 Å². The molecule has 0 N–H and O–H groups in total. The first-order valence-corrected chi connectivity index (χ1v) is 6.50. The van der Waals surface area contributed by atoms with Crippen molar-refractivity contribution in [3.05, 3.63) is 57.8 Å². The van der Waals surface area contributed by atoms with Crippen LogP contribution in [0.4, 0.5) is 0 Å². The van der Waals surface area contributed by atoms with Crippen LogP contribution in [0.2, 0.25) is 0 Å². The Hall–Kier alpha value is -1.94. The number of hydrogen-bond donors (Lipinski definition) is 0. The molecule has 0 spiro atoms. The van der Waals surface area contributed by atoms with Gasteiger partial charge in [-0.25, -0.2) is 4.79 Å². The normalized spacial score (nSPS) is 17.3. The van der Waals surface area contributed by atoms with E-state index < -0.39 is 6.10 Å². The Labute approximate surface area is 108 Å². The highest BCUT2D eigenvalue weighted by Crippen LogP contribution is 2.33. The van der Waals surface area contributed by atoms with Crippen LogP contribution in [-0.2, 0) is 4.74 Å². The van der Waals surface area contributed by atoms with Crippen molar-refractivity contribution in [3.63, 3.8) is 0 Å². The number of ketones is 1. The number of rotatable bonds is 3. The molecular formula is C14H10O3S. The Morgan fingerprint density at radius 2 is 2.06 bits per heavy atom. The predicted octanol–water partition coefficient (Wildman–Crippen LogP) is 3.23. The van der Waals surface area contributed by atoms with Crippen LogP contribution in [0.5, 0.6) is 0 Å². The zero-order valence-corrected chi connectivity index (χ0v) is 10.3. The molecule has 0 aliphatic carbocycles. The lowest BCUT2D eigenvalue weighted by Gasteiger charge is -2.08. The molecule has 0 amide bonds. The zero-order chi connectivity index (χ0) is 12.5. The Balaban J connectivity index is 1.84. The molecule has 2 aromatic rings. The highest BCUT2D eigenvalue weighted by Gasteiger charge is 2.32. The molecule has 1 aromatic heterocycles. The third-order valence-electron chi connectivity index (χ3n) is 2.94. The van der Waals surface area contributed by atoms with E-state index in [4.69, 9.17) is 4.74 Å². The van der Waals surface area contributed by atoms with Gasteiger partial charge in [0.2, 0.25) is 0 Å². The van der Waals surface area contributed by atoms with E-state index in [1.807, 2.05) is 23.6 Å². The summed E-state index contributed by atoms with van der Waals surface area (Å²) in [6.45, 7) is 0. The summed E-state index contributed by atoms with van der Waals surface area (Å²) in [5.41, 5.74) is 1.38. The summed E-state index contributed by atoms with van der Waals surface area (Å²) in [7, 11) is 0. The molecule has 0 radical (unpaired) electrons. The fraction of sp³-hybridized carbons (Fsp3) is 0.143. The van der Waals surface area contributed by atoms with Crippen LogP contribution in [0, 0.1) is 0 Å². The van der Waals surface area contributed by atoms with Gasteiger partial charge < -0.3 is 4.74 Å². The van der Waals surface area contributed by atoms with E-state index in [1.165, 1.54) is 11.3 Å². The summed E-state index contributed by atoms with van der Waals surface area (Å²) in [4.78, 5) is 24.3. The second-order valence-electron chi connectivity index (χ2n) is 4.09. The number of fused-ring (bicyclic) bond motifs is 1. The first-order chi connectivity index (χ1) is 8.75. The minimum Gasteiger partial charge on any atom is -0.453 e. The van der Waals surface area contributed by atoms with Crippen LogP contribution in [0.1, 0.15) is 38.1 Å². The Morgan fingerprint density at radius 3 is 2.83 bits per heavy atom. The van der Waals surface area contributed by atoms with E-state index >= 15 is 0 Å². The van der Waals surface area contributed by atoms with Crippen LogP contribution in [0.3, 0.4) is 0 Å². The molecule has 1 aliphatic rings. The van der Waals surface area contributed by atoms with E-state index in [-0.39, 0.29) is 18.2 Å². The lowest BCUT2D eigenvalue weighted by molar-refractivity contribution is 0.0367. The van der Waals surface area contributed by atoms with Crippen molar-refractivity contribution in [2.45, 2.75) is 12.5 Å². The second kappa shape index (κ2) is 4.38. The summed E-state index contributed by atoms with van der Waals surface area (Å²) in [5.74, 6) is -0.325. The van der Waals surface area contributed by atoms with Crippen molar-refractivity contribution >= 4 is 23.1 Å². The largest absolute Gasteiger partial charge is 0.453 e. The fourth-order valence-electron chi connectivity index (χ4n) is 2.08. The maximum atomic E-state index is 12.0. The van der Waals surface area contributed by atoms with E-state index in [0.29, 0.717) is 10.4 Å². The predicted molar refractivity (Wildman–Crippen MR) is 67.9 cm³/mol. The van der Waals surface area contributed by atoms with Crippen molar-refractivity contribution in [2.24, 2.45) is 0 Å². The minimum absolute atomic E-state index is 0.0134. The molecule has 0 unspecified atom stereocenters. The number of cyclic esters (lactones) is 1. The maximum absolute atomic E-state index is 12.0. The highest BCUT2D eigenvalue weighted by atomic mass is 32.1. The SMILES string of the molecule is O=C(C[C@H]1OC(=O)c2ccccc21)c1cccs1. The average molecular weight is 258 g/mol. The van der Waals surface area contributed by atoms with Gasteiger partial charge in [-0.1, -0.05) is 24.3 Å². The van der Waals surface area contributed by atoms with Crippen LogP contribution in [0.15, 0.2) is 41.8 Å². The summed E-state index contributed by atoms with van der Waals surface area (Å²) >= 11 is 1.41. The van der Waals surface area contributed by atoms with Gasteiger partial charge in [-0.3, -0.25) is 4.79 Å². The van der Waals surface area contributed by atoms with Gasteiger partial charge >= 0.3 is 5.97 Å². The first-order valence-electron chi connectivity index (χ1n) is 5.62. The van der Waals surface area contributed by atoms with Gasteiger partial charge in [-0.15, -0.1) is 11.3 Å². The number of Topliss-reactive ketones (excluding diaryl/α,β-unsaturated/α-hetero) is 1. The standard InChI is InChI=1S/C14H10O3S/c15-11(13-6-3-7-18-13)8-12-9-4-1-2-5-10(9)14(16)17-12/h1-7,12H,8H2/t12-/m1/s1. The number of carbonyl (C=O) groups is 2. The molecule has 0 fully saturated rings. The first kappa shape index (κ1) is 11.2. The maximum Gasteiger partial charge on any atom is 0.339 e. The summed E-state index contributed by atoms with van der Waals surface area (Å²) in [6.07, 6.45) is -0.230. The van der Waals surface area contributed by atoms with E-state index in [1.54, 1.807) is 18.2 Å². The molecule has 0 bridgehead atoms. The summed E-state index contributed by atoms with van der Waals surface area (Å²) in [5, 5.41) is 1.86. The van der Waals surface area contributed by atoms with E-state index in [9.17, 15) is 9.59 Å². The molecule has 1 aliphatic heterocycles. The fourth-order valence-corrected chi connectivity index (χ4v) is 2.75. The number of carbonyl (C=O) groups excluding carboxylic acids is 2. The third-order valence-corrected chi connectivity index (χ3v) is 3.85. The lowest BCUT2D eigenvalue weighted by atomic mass is 10.0. The number of esters is 1. The third kappa shape index (κ3) is 1.84. The number of benzene rings is 1. The monoisotopic (exact) mass is 258 g/mol. The molecule has 1 atom stereocenters. The molecule has 4 heteroatoms. The van der Waals surface area contributed by atoms with E-state index in [0.717, 1.165) is 5.56 Å². The molecule has 3 rings (SSSR count). The molecule has 2 heterocycles. The van der Waals surface area contributed by atoms with Crippen molar-refractivity contribution in [1.82, 2.24) is 0 Å². The molecular weight excluding hydrogens is 248 g/mol. The highest BCUT2D eigenvalue weighted by molar-refractivity contribution is 7.12. The number of thiophene rings is 1. The van der Waals surface area contributed by atoms with E-state index in [2.05, 4.69) is 0 Å². The average Bonchev–Trinajstić information content (AvgIpc) is 3.00. The minimum atomic E-state index is -0.441. The van der Waals surface area contributed by atoms with Gasteiger partial charge in [0.25, 0.3) is 0 Å². The van der Waals surface area contributed by atoms with Crippen LogP contribution >= 0.6 is 11.3 Å². The van der Waals surface area contributed by atoms with Gasteiger partial charge in [0.1, 0.15) is 6.10 Å². The second-order valence-corrected chi connectivity index (χ2v) is 5.03. The van der Waals surface area contributed by atoms with Crippen molar-refractivity contribution in [2.75, 3.05) is 0 Å². The molecule has 18 heavy (non-hydrogen) atoms. The molecule has 90 valence electrons. The van der Waals surface area contributed by atoms with Crippen LogP contribution < -0.4 is 0 Å². The van der Waals surface area contributed by atoms with Gasteiger partial charge in [0, 0.05) is 5.56 Å². The number of ether oxygens (including phenoxy) is 1. The molecule has 1 aromatic carbocycles. The quantitative estimate of drug-likeness (QED) is 0.627. The smallest absolute Gasteiger partial charge is 0.339 e. The van der Waals surface area contributed by atoms with Crippen LogP contribution in [-0.4, -0.2) is 11.8 Å². The van der Waals surface area contributed by atoms with Crippen molar-refractivity contribution in [3.8, 4) is 0 Å². The Bertz CT molecular complexity index is 601. The number of hydrogen-bond acceptors (Lipinski definition) is 4. The Kier molecular flexibility index (Phi) is 2.72. The molecule has 0 saturated carbocycles. The topological polar surface area (TPSA) is 43.4 Å². The Morgan fingerprint density at radius 1 is 1.22 bits per heavy atom. The van der Waals surface area contributed by atoms with Gasteiger partial charge in [0.05, 0.1) is 16.9 Å². The summed E-state index contributed by atoms with van der Waals surface area (Å²) < 4.78 is 5.25. The van der Waals surface area contributed by atoms with Crippen molar-refractivity contribution < 1.29 is 14.3 Å².